The Hall–Kier alpha value is -0.610. The van der Waals surface area contributed by atoms with Crippen molar-refractivity contribution in [1.82, 2.24) is 0 Å². The van der Waals surface area contributed by atoms with Crippen LogP contribution in [0.4, 0.5) is 0 Å². The fourth-order valence-electron chi connectivity index (χ4n) is 4.54. The summed E-state index contributed by atoms with van der Waals surface area (Å²) < 4.78 is 16.9. The van der Waals surface area contributed by atoms with E-state index in [9.17, 15) is 4.79 Å². The van der Waals surface area contributed by atoms with E-state index in [0.717, 1.165) is 32.1 Å². The summed E-state index contributed by atoms with van der Waals surface area (Å²) in [5, 5.41) is 0. The van der Waals surface area contributed by atoms with Crippen molar-refractivity contribution in [3.8, 4) is 0 Å². The zero-order valence-corrected chi connectivity index (χ0v) is 13.0. The number of rotatable bonds is 3. The van der Waals surface area contributed by atoms with Crippen molar-refractivity contribution in [2.24, 2.45) is 23.7 Å². The van der Waals surface area contributed by atoms with Crippen molar-refractivity contribution >= 4 is 5.97 Å². The lowest BCUT2D eigenvalue weighted by molar-refractivity contribution is -0.153. The summed E-state index contributed by atoms with van der Waals surface area (Å²) in [5.41, 5.74) is 0. The van der Waals surface area contributed by atoms with Crippen LogP contribution in [0.15, 0.2) is 0 Å². The van der Waals surface area contributed by atoms with Gasteiger partial charge in [-0.25, -0.2) is 0 Å². The van der Waals surface area contributed by atoms with Crippen molar-refractivity contribution in [1.29, 1.82) is 0 Å². The molecule has 0 N–H and O–H groups in total. The molecule has 2 aliphatic carbocycles. The summed E-state index contributed by atoms with van der Waals surface area (Å²) >= 11 is 0. The number of epoxide rings is 2. The standard InChI is InChI=1S/C17H26O4/c1-9-7-11(3-5-13-15(9)20-13)8-19-17(18)12-4-6-14-16(21-14)10(12)2/h9-16H,3-8H2,1-2H3. The Labute approximate surface area is 126 Å². The molecule has 2 heterocycles. The van der Waals surface area contributed by atoms with Gasteiger partial charge in [0.2, 0.25) is 0 Å². The molecule has 8 atom stereocenters. The van der Waals surface area contributed by atoms with Crippen LogP contribution in [0.3, 0.4) is 0 Å². The highest BCUT2D eigenvalue weighted by Gasteiger charge is 2.51. The first kappa shape index (κ1) is 14.0. The van der Waals surface area contributed by atoms with Crippen molar-refractivity contribution in [3.63, 3.8) is 0 Å². The predicted octanol–water partition coefficient (Wildman–Crippen LogP) is 2.55. The highest BCUT2D eigenvalue weighted by Crippen LogP contribution is 2.44. The molecule has 4 aliphatic rings. The first-order valence-electron chi connectivity index (χ1n) is 8.61. The Morgan fingerprint density at radius 2 is 1.76 bits per heavy atom. The topological polar surface area (TPSA) is 51.4 Å². The lowest BCUT2D eigenvalue weighted by Crippen LogP contribution is -2.32. The lowest BCUT2D eigenvalue weighted by Gasteiger charge is -2.25. The van der Waals surface area contributed by atoms with E-state index in [0.29, 0.717) is 48.8 Å². The number of ether oxygens (including phenoxy) is 3. The van der Waals surface area contributed by atoms with Gasteiger partial charge < -0.3 is 14.2 Å². The zero-order chi connectivity index (χ0) is 14.6. The van der Waals surface area contributed by atoms with E-state index < -0.39 is 0 Å². The maximum absolute atomic E-state index is 12.4. The first-order chi connectivity index (χ1) is 10.1. The van der Waals surface area contributed by atoms with E-state index in [1.165, 1.54) is 0 Å². The SMILES string of the molecule is CC1CC(COC(=O)C2CCC3OC3C2C)CCC2OC12. The fraction of sp³-hybridized carbons (Fsp3) is 0.941. The number of fused-ring (bicyclic) bond motifs is 2. The second kappa shape index (κ2) is 5.24. The van der Waals surface area contributed by atoms with Crippen LogP contribution < -0.4 is 0 Å². The van der Waals surface area contributed by atoms with E-state index >= 15 is 0 Å². The summed E-state index contributed by atoms with van der Waals surface area (Å²) in [7, 11) is 0. The molecule has 8 unspecified atom stereocenters. The summed E-state index contributed by atoms with van der Waals surface area (Å²) in [6.45, 7) is 4.99. The Morgan fingerprint density at radius 3 is 2.62 bits per heavy atom. The smallest absolute Gasteiger partial charge is 0.309 e. The lowest BCUT2D eigenvalue weighted by atomic mass is 9.80. The van der Waals surface area contributed by atoms with Crippen LogP contribution in [-0.2, 0) is 19.0 Å². The molecule has 118 valence electrons. The minimum Gasteiger partial charge on any atom is -0.465 e. The molecule has 4 heteroatoms. The zero-order valence-electron chi connectivity index (χ0n) is 13.0. The van der Waals surface area contributed by atoms with E-state index in [2.05, 4.69) is 13.8 Å². The van der Waals surface area contributed by atoms with Gasteiger partial charge in [0, 0.05) is 0 Å². The normalized spacial score (nSPS) is 51.3. The number of hydrogen-bond acceptors (Lipinski definition) is 4. The number of carbonyl (C=O) groups excluding carboxylic acids is 1. The summed E-state index contributed by atoms with van der Waals surface area (Å²) in [6, 6.07) is 0. The molecule has 0 aromatic carbocycles. The Balaban J connectivity index is 1.27. The van der Waals surface area contributed by atoms with Crippen LogP contribution in [0.1, 0.15) is 46.0 Å². The Bertz CT molecular complexity index is 423. The Kier molecular flexibility index (Phi) is 3.49. The van der Waals surface area contributed by atoms with Crippen molar-refractivity contribution < 1.29 is 19.0 Å². The minimum atomic E-state index is 0.00904. The van der Waals surface area contributed by atoms with E-state index in [1.54, 1.807) is 0 Å². The molecule has 4 fully saturated rings. The van der Waals surface area contributed by atoms with Crippen LogP contribution in [0, 0.1) is 23.7 Å². The van der Waals surface area contributed by atoms with Crippen LogP contribution >= 0.6 is 0 Å². The molecule has 2 aliphatic heterocycles. The molecule has 4 rings (SSSR count). The monoisotopic (exact) mass is 294 g/mol. The average molecular weight is 294 g/mol. The third kappa shape index (κ3) is 2.72. The maximum Gasteiger partial charge on any atom is 0.309 e. The molecule has 0 bridgehead atoms. The van der Waals surface area contributed by atoms with Crippen molar-refractivity contribution in [2.75, 3.05) is 6.61 Å². The highest BCUT2D eigenvalue weighted by atomic mass is 16.6. The van der Waals surface area contributed by atoms with Gasteiger partial charge in [0.1, 0.15) is 0 Å². The summed E-state index contributed by atoms with van der Waals surface area (Å²) in [4.78, 5) is 12.4. The molecule has 2 saturated heterocycles. The number of carbonyl (C=O) groups is 1. The quantitative estimate of drug-likeness (QED) is 0.593. The van der Waals surface area contributed by atoms with E-state index in [1.807, 2.05) is 0 Å². The van der Waals surface area contributed by atoms with Gasteiger partial charge >= 0.3 is 5.97 Å². The fourth-order valence-corrected chi connectivity index (χ4v) is 4.54. The van der Waals surface area contributed by atoms with Gasteiger partial charge in [-0.15, -0.1) is 0 Å². The van der Waals surface area contributed by atoms with E-state index in [4.69, 9.17) is 14.2 Å². The second-order valence-corrected chi connectivity index (χ2v) is 7.61. The predicted molar refractivity (Wildman–Crippen MR) is 76.7 cm³/mol. The molecule has 0 aromatic rings. The second-order valence-electron chi connectivity index (χ2n) is 7.61. The molecule has 2 saturated carbocycles. The van der Waals surface area contributed by atoms with Gasteiger partial charge in [-0.05, 0) is 49.9 Å². The molecule has 0 amide bonds. The molecular formula is C17H26O4. The molecule has 4 nitrogen and oxygen atoms in total. The third-order valence-corrected chi connectivity index (χ3v) is 6.05. The van der Waals surface area contributed by atoms with Gasteiger partial charge in [0.05, 0.1) is 36.9 Å². The van der Waals surface area contributed by atoms with Gasteiger partial charge in [-0.3, -0.25) is 4.79 Å². The van der Waals surface area contributed by atoms with Crippen molar-refractivity contribution in [2.45, 2.75) is 70.4 Å². The minimum absolute atomic E-state index is 0.00904. The first-order valence-corrected chi connectivity index (χ1v) is 8.61. The largest absolute Gasteiger partial charge is 0.465 e. The number of hydrogen-bond donors (Lipinski definition) is 0. The van der Waals surface area contributed by atoms with Crippen molar-refractivity contribution in [3.05, 3.63) is 0 Å². The third-order valence-electron chi connectivity index (χ3n) is 6.05. The van der Waals surface area contributed by atoms with Gasteiger partial charge in [-0.1, -0.05) is 13.8 Å². The van der Waals surface area contributed by atoms with E-state index in [-0.39, 0.29) is 11.9 Å². The van der Waals surface area contributed by atoms with Crippen LogP contribution in [0.5, 0.6) is 0 Å². The average Bonchev–Trinajstić information content (AvgIpc) is 3.33. The molecule has 0 spiro atoms. The van der Waals surface area contributed by atoms with Gasteiger partial charge in [0.15, 0.2) is 0 Å². The molecular weight excluding hydrogens is 268 g/mol. The van der Waals surface area contributed by atoms with Crippen LogP contribution in [0.2, 0.25) is 0 Å². The van der Waals surface area contributed by atoms with Crippen LogP contribution in [-0.4, -0.2) is 37.0 Å². The van der Waals surface area contributed by atoms with Gasteiger partial charge in [0.25, 0.3) is 0 Å². The molecule has 0 radical (unpaired) electrons. The maximum atomic E-state index is 12.4. The Morgan fingerprint density at radius 1 is 1.05 bits per heavy atom. The summed E-state index contributed by atoms with van der Waals surface area (Å²) in [5.74, 6) is 1.51. The summed E-state index contributed by atoms with van der Waals surface area (Å²) in [6.07, 6.45) is 7.06. The van der Waals surface area contributed by atoms with Gasteiger partial charge in [-0.2, -0.15) is 0 Å². The highest BCUT2D eigenvalue weighted by molar-refractivity contribution is 5.73. The molecule has 0 aromatic heterocycles. The molecule has 21 heavy (non-hydrogen) atoms. The number of esters is 1. The van der Waals surface area contributed by atoms with Crippen LogP contribution in [0.25, 0.3) is 0 Å².